The summed E-state index contributed by atoms with van der Waals surface area (Å²) < 4.78 is 13.5. The topological polar surface area (TPSA) is 42.1 Å². The molecule has 0 amide bonds. The van der Waals surface area contributed by atoms with Crippen molar-refractivity contribution in [2.75, 3.05) is 24.5 Å². The van der Waals surface area contributed by atoms with Crippen molar-refractivity contribution in [3.8, 4) is 0 Å². The van der Waals surface area contributed by atoms with Gasteiger partial charge in [0.1, 0.15) is 0 Å². The van der Waals surface area contributed by atoms with Crippen LogP contribution >= 0.6 is 0 Å². The molecule has 0 atom stereocenters. The zero-order chi connectivity index (χ0) is 11.4. The predicted octanol–water partition coefficient (Wildman–Crippen LogP) is 1.79. The number of piperidine rings is 1. The van der Waals surface area contributed by atoms with Gasteiger partial charge in [-0.1, -0.05) is 0 Å². The average molecular weight is 223 g/mol. The third kappa shape index (κ3) is 2.50. The SMILES string of the molecule is NCCC1CCN(c2ncccc2F)CC1. The Bertz CT molecular complexity index is 335. The van der Waals surface area contributed by atoms with E-state index in [1.54, 1.807) is 12.3 Å². The number of aromatic nitrogens is 1. The number of rotatable bonds is 3. The second-order valence-electron chi connectivity index (χ2n) is 4.32. The van der Waals surface area contributed by atoms with Crippen LogP contribution in [0.3, 0.4) is 0 Å². The van der Waals surface area contributed by atoms with Gasteiger partial charge in [-0.3, -0.25) is 0 Å². The molecule has 88 valence electrons. The van der Waals surface area contributed by atoms with Gasteiger partial charge >= 0.3 is 0 Å². The molecule has 1 aromatic rings. The number of hydrogen-bond donors (Lipinski definition) is 1. The monoisotopic (exact) mass is 223 g/mol. The van der Waals surface area contributed by atoms with Gasteiger partial charge in [0, 0.05) is 19.3 Å². The van der Waals surface area contributed by atoms with Gasteiger partial charge in [0.15, 0.2) is 11.6 Å². The van der Waals surface area contributed by atoms with E-state index in [2.05, 4.69) is 4.98 Å². The minimum absolute atomic E-state index is 0.222. The smallest absolute Gasteiger partial charge is 0.165 e. The summed E-state index contributed by atoms with van der Waals surface area (Å²) in [5, 5.41) is 0. The van der Waals surface area contributed by atoms with Crippen LogP contribution < -0.4 is 10.6 Å². The zero-order valence-corrected chi connectivity index (χ0v) is 9.40. The Morgan fingerprint density at radius 1 is 1.44 bits per heavy atom. The number of pyridine rings is 1. The first-order valence-electron chi connectivity index (χ1n) is 5.87. The largest absolute Gasteiger partial charge is 0.354 e. The van der Waals surface area contributed by atoms with Crippen LogP contribution in [0.4, 0.5) is 10.2 Å². The molecule has 1 aliphatic heterocycles. The first-order valence-corrected chi connectivity index (χ1v) is 5.87. The van der Waals surface area contributed by atoms with E-state index in [1.807, 2.05) is 4.90 Å². The van der Waals surface area contributed by atoms with Crippen LogP contribution in [-0.2, 0) is 0 Å². The van der Waals surface area contributed by atoms with Crippen molar-refractivity contribution in [3.63, 3.8) is 0 Å². The normalized spacial score (nSPS) is 17.8. The molecular formula is C12H18FN3. The van der Waals surface area contributed by atoms with E-state index in [0.29, 0.717) is 11.7 Å². The summed E-state index contributed by atoms with van der Waals surface area (Å²) in [5.74, 6) is 0.974. The average Bonchev–Trinajstić information content (AvgIpc) is 2.31. The minimum atomic E-state index is -0.222. The molecule has 2 N–H and O–H groups in total. The van der Waals surface area contributed by atoms with Crippen LogP contribution in [-0.4, -0.2) is 24.6 Å². The van der Waals surface area contributed by atoms with E-state index in [4.69, 9.17) is 5.73 Å². The fourth-order valence-corrected chi connectivity index (χ4v) is 2.28. The molecular weight excluding hydrogens is 205 g/mol. The van der Waals surface area contributed by atoms with Crippen LogP contribution in [0.25, 0.3) is 0 Å². The van der Waals surface area contributed by atoms with Crippen LogP contribution in [0.5, 0.6) is 0 Å². The van der Waals surface area contributed by atoms with Gasteiger partial charge in [-0.15, -0.1) is 0 Å². The highest BCUT2D eigenvalue weighted by Gasteiger charge is 2.21. The molecule has 4 heteroatoms. The van der Waals surface area contributed by atoms with Crippen LogP contribution in [0.2, 0.25) is 0 Å². The van der Waals surface area contributed by atoms with Crippen molar-refractivity contribution >= 4 is 5.82 Å². The number of halogens is 1. The number of nitrogens with zero attached hydrogens (tertiary/aromatic N) is 2. The maximum absolute atomic E-state index is 13.5. The summed E-state index contributed by atoms with van der Waals surface area (Å²) in [6.07, 6.45) is 4.91. The highest BCUT2D eigenvalue weighted by Crippen LogP contribution is 2.24. The summed E-state index contributed by atoms with van der Waals surface area (Å²) in [4.78, 5) is 6.13. The molecule has 0 saturated carbocycles. The molecule has 0 aliphatic carbocycles. The number of nitrogens with two attached hydrogens (primary N) is 1. The first kappa shape index (κ1) is 11.3. The fourth-order valence-electron chi connectivity index (χ4n) is 2.28. The summed E-state index contributed by atoms with van der Waals surface area (Å²) in [7, 11) is 0. The van der Waals surface area contributed by atoms with Gasteiger partial charge in [0.2, 0.25) is 0 Å². The minimum Gasteiger partial charge on any atom is -0.354 e. The van der Waals surface area contributed by atoms with Crippen molar-refractivity contribution in [2.45, 2.75) is 19.3 Å². The summed E-state index contributed by atoms with van der Waals surface area (Å²) in [5.41, 5.74) is 5.54. The lowest BCUT2D eigenvalue weighted by Gasteiger charge is -2.32. The second-order valence-corrected chi connectivity index (χ2v) is 4.32. The van der Waals surface area contributed by atoms with Gasteiger partial charge in [0.25, 0.3) is 0 Å². The number of anilines is 1. The molecule has 1 aliphatic rings. The number of hydrogen-bond acceptors (Lipinski definition) is 3. The van der Waals surface area contributed by atoms with E-state index >= 15 is 0 Å². The lowest BCUT2D eigenvalue weighted by molar-refractivity contribution is 0.382. The maximum atomic E-state index is 13.5. The Kier molecular flexibility index (Phi) is 3.72. The van der Waals surface area contributed by atoms with Gasteiger partial charge in [-0.2, -0.15) is 0 Å². The van der Waals surface area contributed by atoms with E-state index in [-0.39, 0.29) is 5.82 Å². The molecule has 2 heterocycles. The summed E-state index contributed by atoms with van der Waals surface area (Å²) in [6.45, 7) is 2.53. The molecule has 1 aromatic heterocycles. The van der Waals surface area contributed by atoms with Crippen molar-refractivity contribution in [3.05, 3.63) is 24.1 Å². The van der Waals surface area contributed by atoms with E-state index in [1.165, 1.54) is 6.07 Å². The van der Waals surface area contributed by atoms with E-state index in [0.717, 1.165) is 38.9 Å². The molecule has 0 aromatic carbocycles. The predicted molar refractivity (Wildman–Crippen MR) is 62.8 cm³/mol. The molecule has 0 bridgehead atoms. The third-order valence-corrected chi connectivity index (χ3v) is 3.23. The lowest BCUT2D eigenvalue weighted by Crippen LogP contribution is -2.35. The van der Waals surface area contributed by atoms with Gasteiger partial charge < -0.3 is 10.6 Å². The molecule has 1 fully saturated rings. The van der Waals surface area contributed by atoms with E-state index in [9.17, 15) is 4.39 Å². The fraction of sp³-hybridized carbons (Fsp3) is 0.583. The summed E-state index contributed by atoms with van der Waals surface area (Å²) >= 11 is 0. The van der Waals surface area contributed by atoms with Gasteiger partial charge in [-0.25, -0.2) is 9.37 Å². The molecule has 2 rings (SSSR count). The first-order chi connectivity index (χ1) is 7.81. The quantitative estimate of drug-likeness (QED) is 0.849. The van der Waals surface area contributed by atoms with Crippen LogP contribution in [0, 0.1) is 11.7 Å². The van der Waals surface area contributed by atoms with Gasteiger partial charge in [0.05, 0.1) is 0 Å². The molecule has 16 heavy (non-hydrogen) atoms. The van der Waals surface area contributed by atoms with Crippen molar-refractivity contribution in [2.24, 2.45) is 11.7 Å². The standard InChI is InChI=1S/C12H18FN3/c13-11-2-1-7-15-12(11)16-8-4-10(3-6-14)5-9-16/h1-2,7,10H,3-6,8-9,14H2. The molecule has 0 unspecified atom stereocenters. The Morgan fingerprint density at radius 2 is 2.19 bits per heavy atom. The van der Waals surface area contributed by atoms with Crippen molar-refractivity contribution in [1.82, 2.24) is 4.98 Å². The molecule has 3 nitrogen and oxygen atoms in total. The summed E-state index contributed by atoms with van der Waals surface area (Å²) in [6, 6.07) is 3.09. The molecule has 0 spiro atoms. The van der Waals surface area contributed by atoms with Gasteiger partial charge in [-0.05, 0) is 43.9 Å². The Balaban J connectivity index is 1.96. The Hall–Kier alpha value is -1.16. The van der Waals surface area contributed by atoms with Crippen LogP contribution in [0.15, 0.2) is 18.3 Å². The molecule has 1 saturated heterocycles. The second kappa shape index (κ2) is 5.25. The lowest BCUT2D eigenvalue weighted by atomic mass is 9.93. The molecule has 0 radical (unpaired) electrons. The highest BCUT2D eigenvalue weighted by atomic mass is 19.1. The Morgan fingerprint density at radius 3 is 2.81 bits per heavy atom. The Labute approximate surface area is 95.5 Å². The highest BCUT2D eigenvalue weighted by molar-refractivity contribution is 5.39. The maximum Gasteiger partial charge on any atom is 0.165 e. The third-order valence-electron chi connectivity index (χ3n) is 3.23. The van der Waals surface area contributed by atoms with Crippen LogP contribution in [0.1, 0.15) is 19.3 Å². The zero-order valence-electron chi connectivity index (χ0n) is 9.40. The van der Waals surface area contributed by atoms with Crippen molar-refractivity contribution < 1.29 is 4.39 Å². The van der Waals surface area contributed by atoms with Crippen molar-refractivity contribution in [1.29, 1.82) is 0 Å². The van der Waals surface area contributed by atoms with E-state index < -0.39 is 0 Å².